The topological polar surface area (TPSA) is 39.2 Å². The number of nitrogens with zero attached hydrogens (tertiary/aromatic N) is 1. The molecule has 0 aliphatic heterocycles. The Morgan fingerprint density at radius 1 is 1.77 bits per heavy atom. The van der Waals surface area contributed by atoms with Crippen molar-refractivity contribution in [3.8, 4) is 5.88 Å². The molecule has 0 saturated heterocycles. The fraction of sp³-hybridized carbons (Fsp3) is 0.333. The number of hydrogen-bond acceptors (Lipinski definition) is 3. The van der Waals surface area contributed by atoms with Crippen LogP contribution in [0, 0.1) is 0 Å². The van der Waals surface area contributed by atoms with Crippen LogP contribution >= 0.6 is 11.6 Å². The van der Waals surface area contributed by atoms with Gasteiger partial charge in [0.25, 0.3) is 0 Å². The summed E-state index contributed by atoms with van der Waals surface area (Å²) in [4.78, 5) is 14.3. The highest BCUT2D eigenvalue weighted by molar-refractivity contribution is 6.27. The van der Waals surface area contributed by atoms with Crippen molar-refractivity contribution in [2.24, 2.45) is 0 Å². The molecule has 1 atom stereocenters. The van der Waals surface area contributed by atoms with Crippen molar-refractivity contribution < 1.29 is 9.53 Å². The number of rotatable bonds is 4. The second-order valence-electron chi connectivity index (χ2n) is 2.53. The van der Waals surface area contributed by atoms with Crippen LogP contribution in [0.4, 0.5) is 0 Å². The van der Waals surface area contributed by atoms with Gasteiger partial charge in [0.2, 0.25) is 5.88 Å². The molecule has 1 unspecified atom stereocenters. The molecular weight excluding hydrogens is 190 g/mol. The number of pyridine rings is 1. The van der Waals surface area contributed by atoms with Crippen molar-refractivity contribution in [1.29, 1.82) is 0 Å². The molecule has 0 radical (unpaired) electrons. The van der Waals surface area contributed by atoms with Gasteiger partial charge in [-0.2, -0.15) is 0 Å². The van der Waals surface area contributed by atoms with E-state index >= 15 is 0 Å². The third-order valence-corrected chi connectivity index (χ3v) is 1.86. The number of methoxy groups -OCH3 is 1. The molecule has 13 heavy (non-hydrogen) atoms. The molecule has 0 saturated carbocycles. The summed E-state index contributed by atoms with van der Waals surface area (Å²) in [5.74, 6) is 0.523. The molecule has 0 fully saturated rings. The average molecular weight is 200 g/mol. The number of carbonyl (C=O) groups is 1. The highest BCUT2D eigenvalue weighted by atomic mass is 35.5. The minimum atomic E-state index is -0.516. The maximum atomic E-state index is 10.3. The van der Waals surface area contributed by atoms with Crippen LogP contribution in [-0.2, 0) is 11.2 Å². The van der Waals surface area contributed by atoms with E-state index in [4.69, 9.17) is 16.3 Å². The van der Waals surface area contributed by atoms with Crippen molar-refractivity contribution in [1.82, 2.24) is 4.98 Å². The molecule has 0 spiro atoms. The van der Waals surface area contributed by atoms with Crippen molar-refractivity contribution >= 4 is 17.9 Å². The monoisotopic (exact) mass is 199 g/mol. The second-order valence-corrected chi connectivity index (χ2v) is 3.09. The van der Waals surface area contributed by atoms with Gasteiger partial charge in [-0.1, -0.05) is 6.07 Å². The quantitative estimate of drug-likeness (QED) is 0.544. The molecule has 0 bridgehead atoms. The fourth-order valence-corrected chi connectivity index (χ4v) is 1.19. The van der Waals surface area contributed by atoms with E-state index in [0.29, 0.717) is 18.6 Å². The third kappa shape index (κ3) is 2.70. The molecule has 0 N–H and O–H groups in total. The van der Waals surface area contributed by atoms with E-state index < -0.39 is 5.38 Å². The van der Waals surface area contributed by atoms with E-state index in [-0.39, 0.29) is 0 Å². The maximum absolute atomic E-state index is 10.3. The minimum absolute atomic E-state index is 0.446. The molecule has 0 aliphatic carbocycles. The normalized spacial score (nSPS) is 12.2. The molecule has 0 amide bonds. The standard InChI is InChI=1S/C9H10ClNO2/c1-13-9-7(3-2-4-11-9)5-8(10)6-12/h2-4,6,8H,5H2,1H3. The molecule has 70 valence electrons. The van der Waals surface area contributed by atoms with Gasteiger partial charge in [-0.15, -0.1) is 11.6 Å². The van der Waals surface area contributed by atoms with Gasteiger partial charge in [0.15, 0.2) is 0 Å². The Labute approximate surface area is 81.7 Å². The minimum Gasteiger partial charge on any atom is -0.481 e. The van der Waals surface area contributed by atoms with E-state index in [1.165, 1.54) is 7.11 Å². The first-order chi connectivity index (χ1) is 6.27. The lowest BCUT2D eigenvalue weighted by Crippen LogP contribution is -2.06. The van der Waals surface area contributed by atoms with Crippen LogP contribution < -0.4 is 4.74 Å². The highest BCUT2D eigenvalue weighted by Gasteiger charge is 2.08. The van der Waals surface area contributed by atoms with Gasteiger partial charge in [-0.25, -0.2) is 4.98 Å². The van der Waals surface area contributed by atoms with E-state index in [1.807, 2.05) is 6.07 Å². The first-order valence-corrected chi connectivity index (χ1v) is 4.29. The zero-order chi connectivity index (χ0) is 9.68. The average Bonchev–Trinajstić information content (AvgIpc) is 2.18. The molecule has 4 heteroatoms. The summed E-state index contributed by atoms with van der Waals surface area (Å²) in [6, 6.07) is 3.62. The summed E-state index contributed by atoms with van der Waals surface area (Å²) in [6.07, 6.45) is 2.78. The molecule has 0 aliphatic rings. The number of halogens is 1. The lowest BCUT2D eigenvalue weighted by atomic mass is 10.1. The molecule has 0 aromatic carbocycles. The second kappa shape index (κ2) is 4.82. The largest absolute Gasteiger partial charge is 0.481 e. The summed E-state index contributed by atoms with van der Waals surface area (Å²) in [5.41, 5.74) is 0.845. The number of aldehydes is 1. The van der Waals surface area contributed by atoms with Crippen molar-refractivity contribution in [2.75, 3.05) is 7.11 Å². The van der Waals surface area contributed by atoms with Crippen molar-refractivity contribution in [2.45, 2.75) is 11.8 Å². The molecule has 1 aromatic rings. The van der Waals surface area contributed by atoms with Gasteiger partial charge >= 0.3 is 0 Å². The van der Waals surface area contributed by atoms with Crippen LogP contribution in [0.5, 0.6) is 5.88 Å². The van der Waals surface area contributed by atoms with Gasteiger partial charge in [0.1, 0.15) is 6.29 Å². The number of carbonyl (C=O) groups excluding carboxylic acids is 1. The Kier molecular flexibility index (Phi) is 3.71. The fourth-order valence-electron chi connectivity index (χ4n) is 1.02. The van der Waals surface area contributed by atoms with Gasteiger partial charge in [-0.3, -0.25) is 0 Å². The Balaban J connectivity index is 2.80. The van der Waals surface area contributed by atoms with Crippen LogP contribution in [0.3, 0.4) is 0 Å². The first kappa shape index (κ1) is 9.99. The van der Waals surface area contributed by atoms with Gasteiger partial charge in [0.05, 0.1) is 12.5 Å². The maximum Gasteiger partial charge on any atom is 0.216 e. The Bertz CT molecular complexity index is 291. The SMILES string of the molecule is COc1ncccc1CC(Cl)C=O. The first-order valence-electron chi connectivity index (χ1n) is 3.85. The van der Waals surface area contributed by atoms with Gasteiger partial charge in [-0.05, 0) is 6.07 Å². The summed E-state index contributed by atoms with van der Waals surface area (Å²) in [6.45, 7) is 0. The van der Waals surface area contributed by atoms with E-state index in [1.54, 1.807) is 12.3 Å². The predicted molar refractivity (Wildman–Crippen MR) is 50.2 cm³/mol. The van der Waals surface area contributed by atoms with E-state index in [2.05, 4.69) is 4.98 Å². The zero-order valence-corrected chi connectivity index (χ0v) is 7.99. The van der Waals surface area contributed by atoms with E-state index in [0.717, 1.165) is 5.56 Å². The Hall–Kier alpha value is -1.09. The Morgan fingerprint density at radius 2 is 2.54 bits per heavy atom. The summed E-state index contributed by atoms with van der Waals surface area (Å²) in [5, 5.41) is -0.516. The number of hydrogen-bond donors (Lipinski definition) is 0. The number of aromatic nitrogens is 1. The molecule has 1 rings (SSSR count). The van der Waals surface area contributed by atoms with Crippen LogP contribution in [0.25, 0.3) is 0 Å². The molecule has 1 heterocycles. The smallest absolute Gasteiger partial charge is 0.216 e. The third-order valence-electron chi connectivity index (χ3n) is 1.61. The number of ether oxygens (including phenoxy) is 1. The summed E-state index contributed by atoms with van der Waals surface area (Å²) < 4.78 is 5.01. The van der Waals surface area contributed by atoms with Gasteiger partial charge < -0.3 is 9.53 Å². The van der Waals surface area contributed by atoms with Crippen molar-refractivity contribution in [3.63, 3.8) is 0 Å². The van der Waals surface area contributed by atoms with Crippen LogP contribution in [0.2, 0.25) is 0 Å². The van der Waals surface area contributed by atoms with Crippen LogP contribution in [0.1, 0.15) is 5.56 Å². The summed E-state index contributed by atoms with van der Waals surface area (Å²) >= 11 is 5.68. The van der Waals surface area contributed by atoms with E-state index in [9.17, 15) is 4.79 Å². The summed E-state index contributed by atoms with van der Waals surface area (Å²) in [7, 11) is 1.54. The lowest BCUT2D eigenvalue weighted by Gasteiger charge is -2.06. The van der Waals surface area contributed by atoms with Crippen LogP contribution in [-0.4, -0.2) is 23.8 Å². The molecule has 3 nitrogen and oxygen atoms in total. The van der Waals surface area contributed by atoms with Crippen molar-refractivity contribution in [3.05, 3.63) is 23.9 Å². The highest BCUT2D eigenvalue weighted by Crippen LogP contribution is 2.16. The van der Waals surface area contributed by atoms with Crippen LogP contribution in [0.15, 0.2) is 18.3 Å². The zero-order valence-electron chi connectivity index (χ0n) is 7.24. The lowest BCUT2D eigenvalue weighted by molar-refractivity contribution is -0.107. The molecular formula is C9H10ClNO2. The molecule has 1 aromatic heterocycles. The number of alkyl halides is 1. The van der Waals surface area contributed by atoms with Gasteiger partial charge in [0, 0.05) is 18.2 Å². The Morgan fingerprint density at radius 3 is 3.15 bits per heavy atom. The predicted octanol–water partition coefficient (Wildman–Crippen LogP) is 1.44.